The van der Waals surface area contributed by atoms with Crippen LogP contribution in [0.25, 0.3) is 0 Å². The molecule has 0 fully saturated rings. The highest BCUT2D eigenvalue weighted by Crippen LogP contribution is 1.91. The molecule has 0 unspecified atom stereocenters. The average molecular weight is 198 g/mol. The number of aryl methyl sites for hydroxylation is 1. The van der Waals surface area contributed by atoms with E-state index in [4.69, 9.17) is 5.11 Å². The quantitative estimate of drug-likeness (QED) is 0.632. The number of carbonyl (C=O) groups excluding carboxylic acids is 1. The predicted octanol–water partition coefficient (Wildman–Crippen LogP) is -1.21. The summed E-state index contributed by atoms with van der Waals surface area (Å²) in [6.07, 6.45) is 1.52. The number of aromatic nitrogens is 3. The Hall–Kier alpha value is -1.92. The maximum absolute atomic E-state index is 11.1. The first-order valence-corrected chi connectivity index (χ1v) is 3.93. The number of amides is 1. The highest BCUT2D eigenvalue weighted by atomic mass is 16.4. The number of hydrogen-bond donors (Lipinski definition) is 2. The van der Waals surface area contributed by atoms with Crippen LogP contribution in [-0.4, -0.2) is 38.5 Å². The summed E-state index contributed by atoms with van der Waals surface area (Å²) in [6.45, 7) is 1.36. The van der Waals surface area contributed by atoms with Crippen molar-refractivity contribution >= 4 is 11.9 Å². The van der Waals surface area contributed by atoms with E-state index < -0.39 is 11.9 Å². The summed E-state index contributed by atoms with van der Waals surface area (Å²) in [5.41, 5.74) is 0.746. The number of rotatable bonds is 4. The standard InChI is InChI=1S/C7H10N4O3/c1-5-2-9-10-11(5)4-6(12)8-3-7(13)14/h2H,3-4H2,1H3,(H,8,12)(H,13,14). The van der Waals surface area contributed by atoms with Gasteiger partial charge in [-0.15, -0.1) is 5.10 Å². The molecular weight excluding hydrogens is 188 g/mol. The van der Waals surface area contributed by atoms with Gasteiger partial charge in [0, 0.05) is 0 Å². The Kier molecular flexibility index (Phi) is 3.16. The molecule has 0 spiro atoms. The molecule has 0 aliphatic rings. The van der Waals surface area contributed by atoms with Gasteiger partial charge in [-0.1, -0.05) is 5.21 Å². The Bertz CT molecular complexity index is 346. The summed E-state index contributed by atoms with van der Waals surface area (Å²) < 4.78 is 1.39. The van der Waals surface area contributed by atoms with Crippen LogP contribution >= 0.6 is 0 Å². The van der Waals surface area contributed by atoms with Crippen molar-refractivity contribution in [3.8, 4) is 0 Å². The molecule has 0 aliphatic carbocycles. The summed E-state index contributed by atoms with van der Waals surface area (Å²) in [5, 5.41) is 17.7. The fourth-order valence-corrected chi connectivity index (χ4v) is 0.831. The Morgan fingerprint density at radius 2 is 2.36 bits per heavy atom. The van der Waals surface area contributed by atoms with Crippen molar-refractivity contribution < 1.29 is 14.7 Å². The van der Waals surface area contributed by atoms with Gasteiger partial charge in [0.1, 0.15) is 13.1 Å². The zero-order chi connectivity index (χ0) is 10.6. The van der Waals surface area contributed by atoms with Crippen LogP contribution in [0.4, 0.5) is 0 Å². The van der Waals surface area contributed by atoms with E-state index in [0.29, 0.717) is 0 Å². The van der Waals surface area contributed by atoms with Gasteiger partial charge in [0.25, 0.3) is 0 Å². The number of aliphatic carboxylic acids is 1. The molecule has 0 radical (unpaired) electrons. The maximum atomic E-state index is 11.1. The second-order valence-electron chi connectivity index (χ2n) is 2.70. The third-order valence-corrected chi connectivity index (χ3v) is 1.54. The highest BCUT2D eigenvalue weighted by Gasteiger charge is 2.06. The monoisotopic (exact) mass is 198 g/mol. The van der Waals surface area contributed by atoms with E-state index in [1.807, 2.05) is 0 Å². The van der Waals surface area contributed by atoms with E-state index in [9.17, 15) is 9.59 Å². The number of nitrogens with one attached hydrogen (secondary N) is 1. The summed E-state index contributed by atoms with van der Waals surface area (Å²) in [6, 6.07) is 0. The molecular formula is C7H10N4O3. The summed E-state index contributed by atoms with van der Waals surface area (Å²) in [5.74, 6) is -1.48. The van der Waals surface area contributed by atoms with Gasteiger partial charge in [0.2, 0.25) is 5.91 Å². The Morgan fingerprint density at radius 1 is 1.64 bits per heavy atom. The number of carbonyl (C=O) groups is 2. The van der Waals surface area contributed by atoms with E-state index in [1.54, 1.807) is 6.92 Å². The SMILES string of the molecule is Cc1cnnn1CC(=O)NCC(=O)O. The summed E-state index contributed by atoms with van der Waals surface area (Å²) in [4.78, 5) is 21.2. The summed E-state index contributed by atoms with van der Waals surface area (Å²) >= 11 is 0. The van der Waals surface area contributed by atoms with Gasteiger partial charge in [0.05, 0.1) is 11.9 Å². The van der Waals surface area contributed by atoms with Crippen molar-refractivity contribution in [3.05, 3.63) is 11.9 Å². The minimum atomic E-state index is -1.08. The first-order valence-electron chi connectivity index (χ1n) is 3.93. The normalized spacial score (nSPS) is 9.79. The average Bonchev–Trinajstić information content (AvgIpc) is 2.49. The Balaban J connectivity index is 2.42. The second-order valence-corrected chi connectivity index (χ2v) is 2.70. The zero-order valence-electron chi connectivity index (χ0n) is 7.60. The van der Waals surface area contributed by atoms with Crippen LogP contribution in [0.1, 0.15) is 5.69 Å². The van der Waals surface area contributed by atoms with Crippen LogP contribution in [0.5, 0.6) is 0 Å². The molecule has 1 aromatic rings. The molecule has 0 bridgehead atoms. The Morgan fingerprint density at radius 3 is 2.86 bits per heavy atom. The van der Waals surface area contributed by atoms with E-state index >= 15 is 0 Å². The molecule has 1 heterocycles. The molecule has 0 saturated carbocycles. The molecule has 76 valence electrons. The lowest BCUT2D eigenvalue weighted by atomic mass is 10.5. The fraction of sp³-hybridized carbons (Fsp3) is 0.429. The van der Waals surface area contributed by atoms with Crippen LogP contribution < -0.4 is 5.32 Å². The molecule has 1 amide bonds. The van der Waals surface area contributed by atoms with Crippen molar-refractivity contribution in [2.75, 3.05) is 6.54 Å². The second kappa shape index (κ2) is 4.35. The smallest absolute Gasteiger partial charge is 0.322 e. The van der Waals surface area contributed by atoms with E-state index in [0.717, 1.165) is 5.69 Å². The molecule has 7 heteroatoms. The number of carboxylic acid groups (broad SMARTS) is 1. The van der Waals surface area contributed by atoms with E-state index in [1.165, 1.54) is 10.9 Å². The molecule has 1 aromatic heterocycles. The van der Waals surface area contributed by atoms with Gasteiger partial charge in [-0.05, 0) is 6.92 Å². The molecule has 7 nitrogen and oxygen atoms in total. The van der Waals surface area contributed by atoms with E-state index in [-0.39, 0.29) is 13.1 Å². The predicted molar refractivity (Wildman–Crippen MR) is 45.4 cm³/mol. The Labute approximate surface area is 79.7 Å². The zero-order valence-corrected chi connectivity index (χ0v) is 7.60. The van der Waals surface area contributed by atoms with Gasteiger partial charge in [-0.2, -0.15) is 0 Å². The van der Waals surface area contributed by atoms with Crippen molar-refractivity contribution in [1.29, 1.82) is 0 Å². The van der Waals surface area contributed by atoms with Crippen molar-refractivity contribution in [2.45, 2.75) is 13.5 Å². The third-order valence-electron chi connectivity index (χ3n) is 1.54. The molecule has 0 aliphatic heterocycles. The molecule has 0 aromatic carbocycles. The van der Waals surface area contributed by atoms with Gasteiger partial charge in [0.15, 0.2) is 0 Å². The van der Waals surface area contributed by atoms with Gasteiger partial charge in [-0.25, -0.2) is 4.68 Å². The van der Waals surface area contributed by atoms with Crippen LogP contribution in [0.15, 0.2) is 6.20 Å². The molecule has 0 atom stereocenters. The number of nitrogens with zero attached hydrogens (tertiary/aromatic N) is 3. The molecule has 1 rings (SSSR count). The lowest BCUT2D eigenvalue weighted by molar-refractivity contribution is -0.138. The van der Waals surface area contributed by atoms with Crippen molar-refractivity contribution in [3.63, 3.8) is 0 Å². The minimum absolute atomic E-state index is 0.0148. The maximum Gasteiger partial charge on any atom is 0.322 e. The fourth-order valence-electron chi connectivity index (χ4n) is 0.831. The van der Waals surface area contributed by atoms with E-state index in [2.05, 4.69) is 15.6 Å². The lowest BCUT2D eigenvalue weighted by Crippen LogP contribution is -2.32. The van der Waals surface area contributed by atoms with Crippen LogP contribution in [0, 0.1) is 6.92 Å². The minimum Gasteiger partial charge on any atom is -0.480 e. The first-order chi connectivity index (χ1) is 6.59. The molecule has 2 N–H and O–H groups in total. The lowest BCUT2D eigenvalue weighted by Gasteiger charge is -2.02. The highest BCUT2D eigenvalue weighted by molar-refractivity contribution is 5.80. The summed E-state index contributed by atoms with van der Waals surface area (Å²) in [7, 11) is 0. The van der Waals surface area contributed by atoms with Gasteiger partial charge >= 0.3 is 5.97 Å². The van der Waals surface area contributed by atoms with Crippen LogP contribution in [0.3, 0.4) is 0 Å². The van der Waals surface area contributed by atoms with Crippen molar-refractivity contribution in [1.82, 2.24) is 20.3 Å². The van der Waals surface area contributed by atoms with Gasteiger partial charge < -0.3 is 10.4 Å². The van der Waals surface area contributed by atoms with Gasteiger partial charge in [-0.3, -0.25) is 9.59 Å². The first kappa shape index (κ1) is 10.2. The largest absolute Gasteiger partial charge is 0.480 e. The molecule has 0 saturated heterocycles. The van der Waals surface area contributed by atoms with Crippen LogP contribution in [0.2, 0.25) is 0 Å². The number of carboxylic acids is 1. The topological polar surface area (TPSA) is 97.1 Å². The van der Waals surface area contributed by atoms with Crippen LogP contribution in [-0.2, 0) is 16.1 Å². The third kappa shape index (κ3) is 2.85. The molecule has 14 heavy (non-hydrogen) atoms. The number of hydrogen-bond acceptors (Lipinski definition) is 4. The van der Waals surface area contributed by atoms with Crippen molar-refractivity contribution in [2.24, 2.45) is 0 Å².